The van der Waals surface area contributed by atoms with Crippen LogP contribution < -0.4 is 0 Å². The molecule has 1 amide bonds. The van der Waals surface area contributed by atoms with Crippen LogP contribution in [0.5, 0.6) is 5.75 Å². The summed E-state index contributed by atoms with van der Waals surface area (Å²) in [6.07, 6.45) is -1.24. The van der Waals surface area contributed by atoms with E-state index >= 15 is 0 Å². The molecule has 1 atom stereocenters. The molecule has 158 valence electrons. The van der Waals surface area contributed by atoms with Gasteiger partial charge in [-0.25, -0.2) is 5.01 Å². The molecular weight excluding hydrogens is 407 g/mol. The lowest BCUT2D eigenvalue weighted by Crippen LogP contribution is -2.27. The molecule has 5 nitrogen and oxygen atoms in total. The number of aryl methyl sites for hydroxylation is 1. The summed E-state index contributed by atoms with van der Waals surface area (Å²) in [5, 5.41) is 16.0. The van der Waals surface area contributed by atoms with Crippen LogP contribution in [-0.2, 0) is 6.18 Å². The van der Waals surface area contributed by atoms with Crippen molar-refractivity contribution in [2.75, 3.05) is 0 Å². The van der Waals surface area contributed by atoms with E-state index in [1.54, 1.807) is 30.3 Å². The number of pyridine rings is 1. The van der Waals surface area contributed by atoms with Crippen molar-refractivity contribution in [1.82, 2.24) is 9.99 Å². The summed E-state index contributed by atoms with van der Waals surface area (Å²) in [7, 11) is 0. The Morgan fingerprint density at radius 1 is 1.06 bits per heavy atom. The topological polar surface area (TPSA) is 65.8 Å². The number of hydrogen-bond acceptors (Lipinski definition) is 4. The van der Waals surface area contributed by atoms with Crippen molar-refractivity contribution in [2.45, 2.75) is 25.6 Å². The number of nitrogens with zero attached hydrogens (tertiary/aromatic N) is 3. The lowest BCUT2D eigenvalue weighted by atomic mass is 9.96. The Hall–Kier alpha value is -3.68. The number of carbonyl (C=O) groups excluding carboxylic acids is 1. The number of hydrogen-bond donors (Lipinski definition) is 1. The van der Waals surface area contributed by atoms with Crippen LogP contribution >= 0.6 is 0 Å². The molecular formula is C23H18F3N3O2. The second kappa shape index (κ2) is 7.86. The molecule has 2 aromatic carbocycles. The molecule has 0 saturated heterocycles. The van der Waals surface area contributed by atoms with Gasteiger partial charge in [-0.2, -0.15) is 18.3 Å². The Kier molecular flexibility index (Phi) is 5.22. The van der Waals surface area contributed by atoms with Gasteiger partial charge in [-0.1, -0.05) is 23.8 Å². The van der Waals surface area contributed by atoms with Gasteiger partial charge in [-0.3, -0.25) is 9.78 Å². The Morgan fingerprint density at radius 2 is 1.74 bits per heavy atom. The molecule has 3 aromatic rings. The van der Waals surface area contributed by atoms with Gasteiger partial charge in [0, 0.05) is 29.9 Å². The molecule has 1 unspecified atom stereocenters. The van der Waals surface area contributed by atoms with E-state index in [2.05, 4.69) is 10.1 Å². The third-order valence-corrected chi connectivity index (χ3v) is 5.13. The standard InChI is InChI=1S/C23H18F3N3O2/c1-14-2-7-21(30)18(12-14)19-13-20(15-3-5-17(6-4-15)23(24,25)26)29(28-19)22(31)16-8-10-27-11-9-16/h2-12,20,30H,13H2,1H3. The number of aromatic nitrogens is 1. The maximum absolute atomic E-state index is 13.1. The minimum Gasteiger partial charge on any atom is -0.507 e. The van der Waals surface area contributed by atoms with Crippen LogP contribution in [0.1, 0.15) is 45.1 Å². The van der Waals surface area contributed by atoms with Crippen molar-refractivity contribution >= 4 is 11.6 Å². The van der Waals surface area contributed by atoms with E-state index in [-0.39, 0.29) is 12.2 Å². The van der Waals surface area contributed by atoms with Gasteiger partial charge >= 0.3 is 6.18 Å². The second-order valence-electron chi connectivity index (χ2n) is 7.29. The number of phenols is 1. The average molecular weight is 425 g/mol. The number of amides is 1. The third-order valence-electron chi connectivity index (χ3n) is 5.13. The molecule has 31 heavy (non-hydrogen) atoms. The smallest absolute Gasteiger partial charge is 0.416 e. The Morgan fingerprint density at radius 3 is 2.39 bits per heavy atom. The van der Waals surface area contributed by atoms with Crippen molar-refractivity contribution in [1.29, 1.82) is 0 Å². The summed E-state index contributed by atoms with van der Waals surface area (Å²) in [5.41, 5.74) is 1.97. The summed E-state index contributed by atoms with van der Waals surface area (Å²) in [4.78, 5) is 17.0. The Bertz CT molecular complexity index is 1140. The van der Waals surface area contributed by atoms with E-state index in [1.807, 2.05) is 6.92 Å². The summed E-state index contributed by atoms with van der Waals surface area (Å²) >= 11 is 0. The van der Waals surface area contributed by atoms with Crippen LogP contribution in [0.15, 0.2) is 72.1 Å². The summed E-state index contributed by atoms with van der Waals surface area (Å²) < 4.78 is 38.9. The van der Waals surface area contributed by atoms with E-state index in [1.165, 1.54) is 29.5 Å². The van der Waals surface area contributed by atoms with E-state index in [9.17, 15) is 23.1 Å². The minimum absolute atomic E-state index is 0.0220. The number of carbonyl (C=O) groups is 1. The number of rotatable bonds is 3. The van der Waals surface area contributed by atoms with Crippen LogP contribution in [0, 0.1) is 6.92 Å². The molecule has 0 aliphatic carbocycles. The monoisotopic (exact) mass is 425 g/mol. The van der Waals surface area contributed by atoms with Crippen LogP contribution in [0.2, 0.25) is 0 Å². The number of hydrazone groups is 1. The molecule has 0 saturated carbocycles. The van der Waals surface area contributed by atoms with E-state index < -0.39 is 23.7 Å². The molecule has 0 fully saturated rings. The zero-order chi connectivity index (χ0) is 22.2. The molecule has 1 aromatic heterocycles. The summed E-state index contributed by atoms with van der Waals surface area (Å²) in [5.74, 6) is -0.386. The number of aromatic hydroxyl groups is 1. The largest absolute Gasteiger partial charge is 0.507 e. The van der Waals surface area contributed by atoms with Crippen LogP contribution in [-0.4, -0.2) is 26.7 Å². The van der Waals surface area contributed by atoms with Gasteiger partial charge in [0.2, 0.25) is 0 Å². The van der Waals surface area contributed by atoms with Gasteiger partial charge in [-0.05, 0) is 48.9 Å². The first-order valence-electron chi connectivity index (χ1n) is 9.52. The Labute approximate surface area is 176 Å². The SMILES string of the molecule is Cc1ccc(O)c(C2=NN(C(=O)c3ccncc3)C(c3ccc(C(F)(F)F)cc3)C2)c1. The molecule has 4 rings (SSSR count). The first kappa shape index (κ1) is 20.6. The minimum atomic E-state index is -4.45. The first-order chi connectivity index (χ1) is 14.7. The average Bonchev–Trinajstić information content (AvgIpc) is 3.20. The fourth-order valence-electron chi connectivity index (χ4n) is 3.52. The van der Waals surface area contributed by atoms with Crippen LogP contribution in [0.4, 0.5) is 13.2 Å². The van der Waals surface area contributed by atoms with Gasteiger partial charge in [-0.15, -0.1) is 0 Å². The normalized spacial score (nSPS) is 16.3. The predicted octanol–water partition coefficient (Wildman–Crippen LogP) is 5.11. The van der Waals surface area contributed by atoms with Crippen molar-refractivity contribution in [3.05, 3.63) is 94.8 Å². The van der Waals surface area contributed by atoms with Crippen molar-refractivity contribution in [3.63, 3.8) is 0 Å². The maximum atomic E-state index is 13.1. The first-order valence-corrected chi connectivity index (χ1v) is 9.52. The molecule has 0 spiro atoms. The van der Waals surface area contributed by atoms with E-state index in [4.69, 9.17) is 0 Å². The van der Waals surface area contributed by atoms with Crippen LogP contribution in [0.3, 0.4) is 0 Å². The number of phenolic OH excluding ortho intramolecular Hbond substituents is 1. The fraction of sp³-hybridized carbons (Fsp3) is 0.174. The molecule has 1 aliphatic rings. The number of benzene rings is 2. The number of halogens is 3. The highest BCUT2D eigenvalue weighted by molar-refractivity contribution is 6.06. The number of alkyl halides is 3. The van der Waals surface area contributed by atoms with Gasteiger partial charge < -0.3 is 5.11 Å². The van der Waals surface area contributed by atoms with Gasteiger partial charge in [0.15, 0.2) is 0 Å². The van der Waals surface area contributed by atoms with Crippen LogP contribution in [0.25, 0.3) is 0 Å². The summed E-state index contributed by atoms with van der Waals surface area (Å²) in [6, 6.07) is 12.2. The molecule has 8 heteroatoms. The Balaban J connectivity index is 1.74. The zero-order valence-electron chi connectivity index (χ0n) is 16.5. The molecule has 1 aliphatic heterocycles. The van der Waals surface area contributed by atoms with Crippen molar-refractivity contribution < 1.29 is 23.1 Å². The highest BCUT2D eigenvalue weighted by Crippen LogP contribution is 2.37. The van der Waals surface area contributed by atoms with Gasteiger partial charge in [0.25, 0.3) is 5.91 Å². The zero-order valence-corrected chi connectivity index (χ0v) is 16.5. The third kappa shape index (κ3) is 4.14. The maximum Gasteiger partial charge on any atom is 0.416 e. The predicted molar refractivity (Wildman–Crippen MR) is 109 cm³/mol. The van der Waals surface area contributed by atoms with Crippen molar-refractivity contribution in [2.24, 2.45) is 5.10 Å². The lowest BCUT2D eigenvalue weighted by Gasteiger charge is -2.22. The quantitative estimate of drug-likeness (QED) is 0.635. The molecule has 0 radical (unpaired) electrons. The lowest BCUT2D eigenvalue weighted by molar-refractivity contribution is -0.137. The summed E-state index contributed by atoms with van der Waals surface area (Å²) in [6.45, 7) is 1.87. The fourth-order valence-corrected chi connectivity index (χ4v) is 3.52. The second-order valence-corrected chi connectivity index (χ2v) is 7.29. The van der Waals surface area contributed by atoms with Gasteiger partial charge in [0.05, 0.1) is 17.3 Å². The van der Waals surface area contributed by atoms with Gasteiger partial charge in [0.1, 0.15) is 5.75 Å². The molecule has 1 N–H and O–H groups in total. The van der Waals surface area contributed by atoms with Crippen molar-refractivity contribution in [3.8, 4) is 5.75 Å². The highest BCUT2D eigenvalue weighted by Gasteiger charge is 2.36. The molecule has 0 bridgehead atoms. The highest BCUT2D eigenvalue weighted by atomic mass is 19.4. The molecule has 2 heterocycles. The van der Waals surface area contributed by atoms with E-state index in [0.29, 0.717) is 22.4 Å². The van der Waals surface area contributed by atoms with E-state index in [0.717, 1.165) is 17.7 Å².